The number of nitrogens with one attached hydrogen (secondary N) is 2. The van der Waals surface area contributed by atoms with Crippen LogP contribution in [0.15, 0.2) is 42.5 Å². The molecule has 0 atom stereocenters. The highest BCUT2D eigenvalue weighted by Gasteiger charge is 2.12. The summed E-state index contributed by atoms with van der Waals surface area (Å²) in [6.07, 6.45) is 0. The van der Waals surface area contributed by atoms with Crippen LogP contribution in [-0.4, -0.2) is 38.1 Å². The van der Waals surface area contributed by atoms with E-state index in [1.54, 1.807) is 36.4 Å². The lowest BCUT2D eigenvalue weighted by atomic mass is 10.2. The van der Waals surface area contributed by atoms with Crippen molar-refractivity contribution in [1.29, 1.82) is 0 Å². The molecule has 2 rings (SSSR count). The van der Waals surface area contributed by atoms with Crippen molar-refractivity contribution in [2.24, 2.45) is 0 Å². The fraction of sp³-hybridized carbons (Fsp3) is 0.235. The third kappa shape index (κ3) is 4.84. The first kappa shape index (κ1) is 18.1. The lowest BCUT2D eigenvalue weighted by Crippen LogP contribution is -2.28. The molecule has 0 radical (unpaired) electrons. The van der Waals surface area contributed by atoms with Crippen molar-refractivity contribution in [2.45, 2.75) is 0 Å². The molecule has 0 spiro atoms. The Kier molecular flexibility index (Phi) is 6.16. The van der Waals surface area contributed by atoms with Gasteiger partial charge in [0.1, 0.15) is 17.2 Å². The Hall–Kier alpha value is -3.29. The normalized spacial score (nSPS) is 10.0. The molecule has 0 saturated carbocycles. The molecule has 1 amide bonds. The number of hydrogen-bond acceptors (Lipinski definition) is 6. The summed E-state index contributed by atoms with van der Waals surface area (Å²) < 4.78 is 10.3. The van der Waals surface area contributed by atoms with Crippen molar-refractivity contribution in [3.63, 3.8) is 0 Å². The van der Waals surface area contributed by atoms with Gasteiger partial charge < -0.3 is 20.1 Å². The summed E-state index contributed by atoms with van der Waals surface area (Å²) in [7, 11) is 3.01. The number of nitrogens with zero attached hydrogens (tertiary/aromatic N) is 1. The molecule has 0 aliphatic rings. The SMILES string of the molecule is COc1cc(OC)cc(C(=O)NCCNc2ccccc2[N+](=O)[O-])c1. The molecule has 8 heteroatoms. The zero-order valence-corrected chi connectivity index (χ0v) is 13.9. The summed E-state index contributed by atoms with van der Waals surface area (Å²) in [6, 6.07) is 11.2. The fourth-order valence-electron chi connectivity index (χ4n) is 2.20. The number of methoxy groups -OCH3 is 2. The van der Waals surface area contributed by atoms with E-state index < -0.39 is 4.92 Å². The maximum absolute atomic E-state index is 12.2. The third-order valence-electron chi connectivity index (χ3n) is 3.44. The molecule has 0 aromatic heterocycles. The second-order valence-electron chi connectivity index (χ2n) is 5.06. The van der Waals surface area contributed by atoms with Crippen molar-refractivity contribution in [2.75, 3.05) is 32.6 Å². The summed E-state index contributed by atoms with van der Waals surface area (Å²) in [5.41, 5.74) is 0.804. The van der Waals surface area contributed by atoms with Crippen molar-refractivity contribution in [3.8, 4) is 11.5 Å². The minimum atomic E-state index is -0.455. The lowest BCUT2D eigenvalue weighted by Gasteiger charge is -2.10. The molecular formula is C17H19N3O5. The summed E-state index contributed by atoms with van der Waals surface area (Å²) >= 11 is 0. The molecule has 0 aliphatic carbocycles. The average Bonchev–Trinajstić information content (AvgIpc) is 2.64. The quantitative estimate of drug-likeness (QED) is 0.433. The van der Waals surface area contributed by atoms with E-state index in [9.17, 15) is 14.9 Å². The Bertz CT molecular complexity index is 741. The number of nitro benzene ring substituents is 1. The van der Waals surface area contributed by atoms with Crippen LogP contribution in [0.4, 0.5) is 11.4 Å². The summed E-state index contributed by atoms with van der Waals surface area (Å²) in [5.74, 6) is 0.742. The van der Waals surface area contributed by atoms with Crippen LogP contribution < -0.4 is 20.1 Å². The molecule has 0 unspecified atom stereocenters. The summed E-state index contributed by atoms with van der Waals surface area (Å²) in [6.45, 7) is 0.641. The zero-order valence-electron chi connectivity index (χ0n) is 13.9. The number of nitro groups is 1. The molecule has 2 N–H and O–H groups in total. The Morgan fingerprint density at radius 2 is 1.72 bits per heavy atom. The molecule has 2 aromatic carbocycles. The largest absolute Gasteiger partial charge is 0.497 e. The Labute approximate surface area is 144 Å². The first-order valence-corrected chi connectivity index (χ1v) is 7.53. The highest BCUT2D eigenvalue weighted by atomic mass is 16.6. The van der Waals surface area contributed by atoms with Crippen molar-refractivity contribution >= 4 is 17.3 Å². The molecule has 0 bridgehead atoms. The first-order chi connectivity index (χ1) is 12.0. The minimum Gasteiger partial charge on any atom is -0.497 e. The van der Waals surface area contributed by atoms with Crippen LogP contribution in [0.25, 0.3) is 0 Å². The van der Waals surface area contributed by atoms with Crippen LogP contribution in [-0.2, 0) is 0 Å². The minimum absolute atomic E-state index is 0.00800. The van der Waals surface area contributed by atoms with Crippen LogP contribution in [0.5, 0.6) is 11.5 Å². The highest BCUT2D eigenvalue weighted by molar-refractivity contribution is 5.95. The second-order valence-corrected chi connectivity index (χ2v) is 5.06. The third-order valence-corrected chi connectivity index (χ3v) is 3.44. The molecule has 2 aromatic rings. The van der Waals surface area contributed by atoms with E-state index in [0.717, 1.165) is 0 Å². The van der Waals surface area contributed by atoms with Gasteiger partial charge >= 0.3 is 0 Å². The van der Waals surface area contributed by atoms with Gasteiger partial charge in [-0.2, -0.15) is 0 Å². The summed E-state index contributed by atoms with van der Waals surface area (Å²) in [4.78, 5) is 22.7. The number of ether oxygens (including phenoxy) is 2. The maximum Gasteiger partial charge on any atom is 0.292 e. The Morgan fingerprint density at radius 3 is 2.32 bits per heavy atom. The average molecular weight is 345 g/mol. The van der Waals surface area contributed by atoms with Crippen LogP contribution in [0.3, 0.4) is 0 Å². The fourth-order valence-corrected chi connectivity index (χ4v) is 2.20. The highest BCUT2D eigenvalue weighted by Crippen LogP contribution is 2.23. The standard InChI is InChI=1S/C17H19N3O5/c1-24-13-9-12(10-14(11-13)25-2)17(21)19-8-7-18-15-5-3-4-6-16(15)20(22)23/h3-6,9-11,18H,7-8H2,1-2H3,(H,19,21). The van der Waals surface area contributed by atoms with Crippen molar-refractivity contribution in [1.82, 2.24) is 5.32 Å². The molecule has 0 fully saturated rings. The van der Waals surface area contributed by atoms with Crippen LogP contribution >= 0.6 is 0 Å². The predicted octanol–water partition coefficient (Wildman–Crippen LogP) is 2.45. The number of amides is 1. The molecule has 25 heavy (non-hydrogen) atoms. The van der Waals surface area contributed by atoms with Gasteiger partial charge in [0.05, 0.1) is 19.1 Å². The van der Waals surface area contributed by atoms with Gasteiger partial charge in [-0.15, -0.1) is 0 Å². The van der Waals surface area contributed by atoms with Gasteiger partial charge in [-0.3, -0.25) is 14.9 Å². The van der Waals surface area contributed by atoms with Crippen LogP contribution in [0.1, 0.15) is 10.4 Å². The number of carbonyl (C=O) groups excluding carboxylic acids is 1. The van der Waals surface area contributed by atoms with Crippen molar-refractivity contribution in [3.05, 3.63) is 58.1 Å². The number of benzene rings is 2. The van der Waals surface area contributed by atoms with Gasteiger partial charge in [-0.1, -0.05) is 12.1 Å². The Morgan fingerprint density at radius 1 is 1.08 bits per heavy atom. The molecular weight excluding hydrogens is 326 g/mol. The van der Waals surface area contributed by atoms with Gasteiger partial charge in [-0.05, 0) is 18.2 Å². The molecule has 0 saturated heterocycles. The number of anilines is 1. The number of para-hydroxylation sites is 2. The molecule has 0 heterocycles. The Balaban J connectivity index is 1.92. The van der Waals surface area contributed by atoms with E-state index in [1.807, 2.05) is 0 Å². The van der Waals surface area contributed by atoms with E-state index in [0.29, 0.717) is 35.8 Å². The van der Waals surface area contributed by atoms with Crippen molar-refractivity contribution < 1.29 is 19.2 Å². The van der Waals surface area contributed by atoms with E-state index >= 15 is 0 Å². The molecule has 8 nitrogen and oxygen atoms in total. The van der Waals surface area contributed by atoms with Crippen LogP contribution in [0.2, 0.25) is 0 Å². The first-order valence-electron chi connectivity index (χ1n) is 7.53. The van der Waals surface area contributed by atoms with E-state index in [2.05, 4.69) is 10.6 Å². The predicted molar refractivity (Wildman–Crippen MR) is 93.5 cm³/mol. The van der Waals surface area contributed by atoms with E-state index in [1.165, 1.54) is 20.3 Å². The van der Waals surface area contributed by atoms with E-state index in [-0.39, 0.29) is 11.6 Å². The van der Waals surface area contributed by atoms with Gasteiger partial charge in [0, 0.05) is 30.8 Å². The maximum atomic E-state index is 12.2. The zero-order chi connectivity index (χ0) is 18.2. The number of carbonyl (C=O) groups is 1. The van der Waals surface area contributed by atoms with Gasteiger partial charge in [0.2, 0.25) is 0 Å². The number of hydrogen-bond donors (Lipinski definition) is 2. The lowest BCUT2D eigenvalue weighted by molar-refractivity contribution is -0.384. The molecule has 0 aliphatic heterocycles. The van der Waals surface area contributed by atoms with Gasteiger partial charge in [0.25, 0.3) is 11.6 Å². The number of rotatable bonds is 8. The van der Waals surface area contributed by atoms with Crippen LogP contribution in [0, 0.1) is 10.1 Å². The second kappa shape index (κ2) is 8.53. The summed E-state index contributed by atoms with van der Waals surface area (Å²) in [5, 5.41) is 16.6. The van der Waals surface area contributed by atoms with Gasteiger partial charge in [0.15, 0.2) is 0 Å². The monoisotopic (exact) mass is 345 g/mol. The topological polar surface area (TPSA) is 103 Å². The van der Waals surface area contributed by atoms with Gasteiger partial charge in [-0.25, -0.2) is 0 Å². The molecule has 132 valence electrons. The smallest absolute Gasteiger partial charge is 0.292 e. The van der Waals surface area contributed by atoms with E-state index in [4.69, 9.17) is 9.47 Å².